The van der Waals surface area contributed by atoms with Crippen molar-refractivity contribution < 1.29 is 28.6 Å². The Labute approximate surface area is 358 Å². The number of unbranched alkanes of at least 4 members (excludes halogenated alkanes) is 23. The van der Waals surface area contributed by atoms with Gasteiger partial charge in [0.05, 0.1) is 0 Å². The van der Waals surface area contributed by atoms with E-state index in [1.807, 2.05) is 0 Å². The summed E-state index contributed by atoms with van der Waals surface area (Å²) in [6, 6.07) is 0. The van der Waals surface area contributed by atoms with Crippen LogP contribution in [-0.4, -0.2) is 37.2 Å². The van der Waals surface area contributed by atoms with Gasteiger partial charge in [-0.25, -0.2) is 0 Å². The van der Waals surface area contributed by atoms with E-state index in [1.165, 1.54) is 109 Å². The summed E-state index contributed by atoms with van der Waals surface area (Å²) in [4.78, 5) is 37.8. The summed E-state index contributed by atoms with van der Waals surface area (Å²) in [5.74, 6) is -0.967. The standard InChI is InChI=1S/C52H90O6/c1-4-7-10-13-16-19-21-23-25-27-28-30-33-36-39-42-45-51(54)57-48-49(47-56-50(53)44-41-38-35-32-18-15-12-9-6-3)58-52(55)46-43-40-37-34-31-29-26-24-22-20-17-14-11-8-5-2/h9,12,18,20,22,25,27-28,30,32,49H,4-8,10-11,13-17,19,21,23-24,26,29,31,33-48H2,1-3H3/b12-9-,22-20-,27-25-,30-28-,32-18-. The molecule has 1 unspecified atom stereocenters. The predicted molar refractivity (Wildman–Crippen MR) is 247 cm³/mol. The molecule has 334 valence electrons. The molecule has 0 aromatic rings. The number of allylic oxidation sites excluding steroid dienone is 10. The van der Waals surface area contributed by atoms with Crippen molar-refractivity contribution in [1.82, 2.24) is 0 Å². The quantitative estimate of drug-likeness (QED) is 0.0201. The summed E-state index contributed by atoms with van der Waals surface area (Å²) >= 11 is 0. The van der Waals surface area contributed by atoms with Gasteiger partial charge >= 0.3 is 17.9 Å². The molecular weight excluding hydrogens is 721 g/mol. The SMILES string of the molecule is CC/C=C\C/C=C\CCCCC(=O)OCC(COC(=O)CCCCC/C=C\C=C/CCCCCCCCC)OC(=O)CCCCCCCCC/C=C\CCCCCC. The topological polar surface area (TPSA) is 78.9 Å². The van der Waals surface area contributed by atoms with E-state index in [-0.39, 0.29) is 31.1 Å². The third-order valence-electron chi connectivity index (χ3n) is 10.3. The van der Waals surface area contributed by atoms with Crippen LogP contribution in [0.3, 0.4) is 0 Å². The van der Waals surface area contributed by atoms with Gasteiger partial charge in [0, 0.05) is 19.3 Å². The molecule has 0 aromatic carbocycles. The highest BCUT2D eigenvalue weighted by Crippen LogP contribution is 2.13. The highest BCUT2D eigenvalue weighted by Gasteiger charge is 2.19. The maximum absolute atomic E-state index is 12.7. The Balaban J connectivity index is 4.41. The predicted octanol–water partition coefficient (Wildman–Crippen LogP) is 15.7. The second kappa shape index (κ2) is 46.8. The molecule has 0 aliphatic heterocycles. The molecule has 0 rings (SSSR count). The first-order valence-corrected chi connectivity index (χ1v) is 24.3. The maximum atomic E-state index is 12.7. The van der Waals surface area contributed by atoms with Crippen molar-refractivity contribution >= 4 is 17.9 Å². The lowest BCUT2D eigenvalue weighted by Gasteiger charge is -2.18. The molecular formula is C52H90O6. The van der Waals surface area contributed by atoms with E-state index in [0.717, 1.165) is 83.5 Å². The number of hydrogen-bond acceptors (Lipinski definition) is 6. The van der Waals surface area contributed by atoms with Crippen LogP contribution in [0, 0.1) is 0 Å². The molecule has 0 heterocycles. The van der Waals surface area contributed by atoms with Crippen LogP contribution in [0.1, 0.15) is 233 Å². The van der Waals surface area contributed by atoms with E-state index < -0.39 is 6.10 Å². The Bertz CT molecular complexity index is 1070. The number of rotatable bonds is 43. The van der Waals surface area contributed by atoms with Crippen molar-refractivity contribution in [1.29, 1.82) is 0 Å². The van der Waals surface area contributed by atoms with E-state index in [0.29, 0.717) is 19.3 Å². The minimum Gasteiger partial charge on any atom is -0.462 e. The van der Waals surface area contributed by atoms with Crippen LogP contribution in [0.4, 0.5) is 0 Å². The molecule has 0 aliphatic carbocycles. The van der Waals surface area contributed by atoms with Crippen LogP contribution in [0.25, 0.3) is 0 Å². The van der Waals surface area contributed by atoms with Gasteiger partial charge in [-0.3, -0.25) is 14.4 Å². The molecule has 0 radical (unpaired) electrons. The van der Waals surface area contributed by atoms with Gasteiger partial charge in [-0.1, -0.05) is 178 Å². The zero-order valence-corrected chi connectivity index (χ0v) is 38.0. The average Bonchev–Trinajstić information content (AvgIpc) is 3.22. The molecule has 0 spiro atoms. The minimum absolute atomic E-state index is 0.100. The lowest BCUT2D eigenvalue weighted by Crippen LogP contribution is -2.30. The van der Waals surface area contributed by atoms with Crippen molar-refractivity contribution in [3.05, 3.63) is 60.8 Å². The van der Waals surface area contributed by atoms with Crippen LogP contribution in [-0.2, 0) is 28.6 Å². The molecule has 0 N–H and O–H groups in total. The molecule has 6 nitrogen and oxygen atoms in total. The van der Waals surface area contributed by atoms with Gasteiger partial charge < -0.3 is 14.2 Å². The molecule has 1 atom stereocenters. The summed E-state index contributed by atoms with van der Waals surface area (Å²) in [5.41, 5.74) is 0. The van der Waals surface area contributed by atoms with Gasteiger partial charge in [0.15, 0.2) is 6.10 Å². The maximum Gasteiger partial charge on any atom is 0.306 e. The smallest absolute Gasteiger partial charge is 0.306 e. The van der Waals surface area contributed by atoms with Crippen molar-refractivity contribution in [2.24, 2.45) is 0 Å². The van der Waals surface area contributed by atoms with Crippen LogP contribution in [0.5, 0.6) is 0 Å². The van der Waals surface area contributed by atoms with E-state index in [9.17, 15) is 14.4 Å². The van der Waals surface area contributed by atoms with Crippen molar-refractivity contribution in [3.8, 4) is 0 Å². The van der Waals surface area contributed by atoms with Gasteiger partial charge in [-0.05, 0) is 96.3 Å². The molecule has 0 bridgehead atoms. The third-order valence-corrected chi connectivity index (χ3v) is 10.3. The Morgan fingerprint density at radius 1 is 0.379 bits per heavy atom. The summed E-state index contributed by atoms with van der Waals surface area (Å²) in [6.45, 7) is 6.43. The monoisotopic (exact) mass is 811 g/mol. The summed E-state index contributed by atoms with van der Waals surface area (Å²) in [6.07, 6.45) is 56.4. The number of carbonyl (C=O) groups excluding carboxylic acids is 3. The molecule has 0 fully saturated rings. The Morgan fingerprint density at radius 2 is 0.724 bits per heavy atom. The van der Waals surface area contributed by atoms with Crippen LogP contribution in [0.15, 0.2) is 60.8 Å². The van der Waals surface area contributed by atoms with Gasteiger partial charge in [-0.2, -0.15) is 0 Å². The minimum atomic E-state index is -0.797. The van der Waals surface area contributed by atoms with Crippen molar-refractivity contribution in [2.75, 3.05) is 13.2 Å². The fourth-order valence-corrected chi connectivity index (χ4v) is 6.58. The van der Waals surface area contributed by atoms with E-state index in [1.54, 1.807) is 0 Å². The highest BCUT2D eigenvalue weighted by molar-refractivity contribution is 5.71. The second-order valence-electron chi connectivity index (χ2n) is 16.0. The molecule has 0 aliphatic rings. The second-order valence-corrected chi connectivity index (χ2v) is 16.0. The number of carbonyl (C=O) groups is 3. The van der Waals surface area contributed by atoms with Crippen molar-refractivity contribution in [2.45, 2.75) is 239 Å². The first kappa shape index (κ1) is 55.1. The molecule has 0 aromatic heterocycles. The van der Waals surface area contributed by atoms with Gasteiger partial charge in [0.25, 0.3) is 0 Å². The van der Waals surface area contributed by atoms with Crippen LogP contribution in [0.2, 0.25) is 0 Å². The van der Waals surface area contributed by atoms with Crippen molar-refractivity contribution in [3.63, 3.8) is 0 Å². The lowest BCUT2D eigenvalue weighted by atomic mass is 10.1. The molecule has 0 amide bonds. The first-order valence-electron chi connectivity index (χ1n) is 24.3. The zero-order chi connectivity index (χ0) is 42.3. The number of ether oxygens (including phenoxy) is 3. The first-order chi connectivity index (χ1) is 28.5. The van der Waals surface area contributed by atoms with E-state index in [4.69, 9.17) is 14.2 Å². The third kappa shape index (κ3) is 44.2. The Morgan fingerprint density at radius 3 is 1.22 bits per heavy atom. The summed E-state index contributed by atoms with van der Waals surface area (Å²) < 4.78 is 16.7. The van der Waals surface area contributed by atoms with Crippen LogP contribution < -0.4 is 0 Å². The van der Waals surface area contributed by atoms with E-state index in [2.05, 4.69) is 81.5 Å². The number of esters is 3. The van der Waals surface area contributed by atoms with Gasteiger partial charge in [0.1, 0.15) is 13.2 Å². The molecule has 6 heteroatoms. The lowest BCUT2D eigenvalue weighted by molar-refractivity contribution is -0.167. The number of hydrogen-bond donors (Lipinski definition) is 0. The normalized spacial score (nSPS) is 12.5. The zero-order valence-electron chi connectivity index (χ0n) is 38.0. The summed E-state index contributed by atoms with van der Waals surface area (Å²) in [5, 5.41) is 0. The van der Waals surface area contributed by atoms with Gasteiger partial charge in [0.2, 0.25) is 0 Å². The Hall–Kier alpha value is -2.89. The van der Waals surface area contributed by atoms with E-state index >= 15 is 0 Å². The Kier molecular flexibility index (Phi) is 44.5. The summed E-state index contributed by atoms with van der Waals surface area (Å²) in [7, 11) is 0. The largest absolute Gasteiger partial charge is 0.462 e. The fraction of sp³-hybridized carbons (Fsp3) is 0.750. The molecule has 0 saturated heterocycles. The van der Waals surface area contributed by atoms with Crippen LogP contribution >= 0.6 is 0 Å². The molecule has 58 heavy (non-hydrogen) atoms. The average molecular weight is 811 g/mol. The molecule has 0 saturated carbocycles. The van der Waals surface area contributed by atoms with Gasteiger partial charge in [-0.15, -0.1) is 0 Å². The fourth-order valence-electron chi connectivity index (χ4n) is 6.58. The highest BCUT2D eigenvalue weighted by atomic mass is 16.6.